The second kappa shape index (κ2) is 23.6. The van der Waals surface area contributed by atoms with Crippen LogP contribution in [-0.2, 0) is 37.5 Å². The van der Waals surface area contributed by atoms with Gasteiger partial charge in [-0.2, -0.15) is 0 Å². The summed E-state index contributed by atoms with van der Waals surface area (Å²) in [4.78, 5) is 83.4. The van der Waals surface area contributed by atoms with Gasteiger partial charge in [-0.05, 0) is 84.9 Å². The fourth-order valence-electron chi connectivity index (χ4n) is 7.61. The number of hydrogen-bond acceptors (Lipinski definition) is 16. The largest absolute Gasteiger partial charge is 1.00 e. The van der Waals surface area contributed by atoms with E-state index in [1.54, 1.807) is 73.1 Å². The van der Waals surface area contributed by atoms with Crippen LogP contribution in [0.4, 0.5) is 11.4 Å². The zero-order chi connectivity index (χ0) is 51.6. The van der Waals surface area contributed by atoms with Gasteiger partial charge in [0.2, 0.25) is 19.7 Å². The molecule has 0 saturated carbocycles. The van der Waals surface area contributed by atoms with Gasteiger partial charge in [-0.25, -0.2) is 36.4 Å². The summed E-state index contributed by atoms with van der Waals surface area (Å²) in [5, 5.41) is 21.2. The second-order valence-corrected chi connectivity index (χ2v) is 21.9. The van der Waals surface area contributed by atoms with E-state index < -0.39 is 55.2 Å². The molecular formula is C52H41LiN6O13S4. The molecule has 24 heteroatoms. The van der Waals surface area contributed by atoms with Crippen LogP contribution in [0.5, 0.6) is 0 Å². The SMILES string of the molecule is C.COC(=O)c1ccc(-c2ncc(CNC(=O)c3ccc4c(c3)NC(=O)c3ccccc3S4(=O)=O)s2)cc1.O=C(O)c1ccc(-c2ncc(CNC(=O)c3ccc4c(c3)NC(=O)c3ccccc3S4(=O)=O)s2)cc1.[Li+].[OH-]. The number of carboxylic acid groups (broad SMARTS) is 1. The van der Waals surface area contributed by atoms with Gasteiger partial charge >= 0.3 is 30.8 Å². The van der Waals surface area contributed by atoms with E-state index >= 15 is 0 Å². The number of methoxy groups -OCH3 is 1. The van der Waals surface area contributed by atoms with Crippen LogP contribution in [-0.4, -0.2) is 80.1 Å². The van der Waals surface area contributed by atoms with Crippen LogP contribution in [0.15, 0.2) is 165 Å². The molecule has 382 valence electrons. The van der Waals surface area contributed by atoms with Crippen molar-refractivity contribution in [2.75, 3.05) is 17.7 Å². The molecule has 0 aliphatic carbocycles. The number of rotatable bonds is 10. The molecular weight excluding hydrogens is 1050 g/mol. The van der Waals surface area contributed by atoms with Gasteiger partial charge in [-0.1, -0.05) is 56.0 Å². The molecule has 0 fully saturated rings. The number of hydrogen-bond donors (Lipinski definition) is 5. The van der Waals surface area contributed by atoms with Gasteiger partial charge in [0.15, 0.2) is 0 Å². The van der Waals surface area contributed by atoms with E-state index in [9.17, 15) is 45.6 Å². The number of carbonyl (C=O) groups is 6. The Bertz CT molecular complexity index is 3810. The van der Waals surface area contributed by atoms with Gasteiger partial charge in [-0.3, -0.25) is 19.2 Å². The maximum absolute atomic E-state index is 13.1. The summed E-state index contributed by atoms with van der Waals surface area (Å²) in [6.07, 6.45) is 3.27. The minimum absolute atomic E-state index is 0. The number of carbonyl (C=O) groups excluding carboxylic acids is 5. The zero-order valence-electron chi connectivity index (χ0n) is 39.2. The fraction of sp³-hybridized carbons (Fsp3) is 0.0769. The number of esters is 1. The summed E-state index contributed by atoms with van der Waals surface area (Å²) in [6.45, 7) is 0.376. The van der Waals surface area contributed by atoms with Crippen molar-refractivity contribution in [3.63, 3.8) is 0 Å². The first-order valence-corrected chi connectivity index (χ1v) is 26.2. The third-order valence-electron chi connectivity index (χ3n) is 11.3. The van der Waals surface area contributed by atoms with E-state index in [2.05, 4.69) is 31.2 Å². The number of benzene rings is 6. The molecule has 0 bridgehead atoms. The average Bonchev–Trinajstić information content (AvgIpc) is 4.08. The molecule has 19 nitrogen and oxygen atoms in total. The number of nitrogens with zero attached hydrogens (tertiary/aromatic N) is 2. The third kappa shape index (κ3) is 11.7. The Morgan fingerprint density at radius 2 is 0.947 bits per heavy atom. The molecule has 4 amide bonds. The van der Waals surface area contributed by atoms with E-state index in [0.29, 0.717) is 10.6 Å². The molecule has 2 aliphatic rings. The number of carboxylic acids is 1. The van der Waals surface area contributed by atoms with Crippen molar-refractivity contribution in [2.45, 2.75) is 40.1 Å². The van der Waals surface area contributed by atoms with Gasteiger partial charge < -0.3 is 36.6 Å². The molecule has 0 unspecified atom stereocenters. The van der Waals surface area contributed by atoms with Gasteiger partial charge in [0.1, 0.15) is 10.0 Å². The molecule has 0 saturated heterocycles. The number of ether oxygens (including phenoxy) is 1. The van der Waals surface area contributed by atoms with E-state index in [-0.39, 0.29) is 104 Å². The molecule has 2 aromatic heterocycles. The van der Waals surface area contributed by atoms with E-state index in [0.717, 1.165) is 25.9 Å². The van der Waals surface area contributed by atoms with Crippen molar-refractivity contribution in [3.8, 4) is 21.1 Å². The maximum Gasteiger partial charge on any atom is 1.00 e. The van der Waals surface area contributed by atoms with Crippen LogP contribution in [0.25, 0.3) is 21.1 Å². The predicted molar refractivity (Wildman–Crippen MR) is 277 cm³/mol. The Morgan fingerprint density at radius 1 is 0.566 bits per heavy atom. The molecule has 0 spiro atoms. The molecule has 6 aromatic carbocycles. The molecule has 0 radical (unpaired) electrons. The topological polar surface area (TPSA) is 304 Å². The smallest absolute Gasteiger partial charge is 0.870 e. The van der Waals surface area contributed by atoms with Crippen LogP contribution in [0.1, 0.15) is 79.3 Å². The molecule has 0 atom stereocenters. The summed E-state index contributed by atoms with van der Waals surface area (Å²) in [5.41, 5.74) is 2.74. The zero-order valence-corrected chi connectivity index (χ0v) is 42.4. The van der Waals surface area contributed by atoms with Gasteiger partial charge in [-0.15, -0.1) is 22.7 Å². The number of nitrogens with one attached hydrogen (secondary N) is 4. The number of amides is 4. The maximum atomic E-state index is 13.1. The summed E-state index contributed by atoms with van der Waals surface area (Å²) >= 11 is 2.73. The molecule has 4 heterocycles. The van der Waals surface area contributed by atoms with E-state index in [4.69, 9.17) is 9.84 Å². The Hall–Kier alpha value is -8.14. The van der Waals surface area contributed by atoms with Crippen LogP contribution in [0.2, 0.25) is 0 Å². The summed E-state index contributed by atoms with van der Waals surface area (Å²) in [5.74, 6) is -3.45. The minimum atomic E-state index is -3.95. The third-order valence-corrected chi connectivity index (χ3v) is 17.1. The molecule has 2 aliphatic heterocycles. The van der Waals surface area contributed by atoms with Crippen molar-refractivity contribution >= 4 is 89.3 Å². The van der Waals surface area contributed by atoms with Gasteiger partial charge in [0.05, 0.1) is 73.4 Å². The first kappa shape index (κ1) is 57.1. The average molecular weight is 1090 g/mol. The van der Waals surface area contributed by atoms with Gasteiger partial charge in [0.25, 0.3) is 23.6 Å². The van der Waals surface area contributed by atoms with E-state index in [1.165, 1.54) is 103 Å². The van der Waals surface area contributed by atoms with Crippen LogP contribution >= 0.6 is 22.7 Å². The molecule has 76 heavy (non-hydrogen) atoms. The quantitative estimate of drug-likeness (QED) is 0.0866. The predicted octanol–water partition coefficient (Wildman–Crippen LogP) is 5.23. The fourth-order valence-corrected chi connectivity index (χ4v) is 12.5. The number of anilines is 2. The normalized spacial score (nSPS) is 13.0. The van der Waals surface area contributed by atoms with Crippen molar-refractivity contribution in [2.24, 2.45) is 0 Å². The van der Waals surface area contributed by atoms with Crippen molar-refractivity contribution in [1.29, 1.82) is 0 Å². The number of fused-ring (bicyclic) bond motifs is 4. The Labute approximate surface area is 454 Å². The number of sulfone groups is 2. The minimum Gasteiger partial charge on any atom is -0.870 e. The Kier molecular flexibility index (Phi) is 17.7. The standard InChI is InChI=1S/C26H19N3O6S2.C25H17N3O6S2.CH4.Li.H2O/c1-35-26(32)16-8-6-15(7-9-16)25-28-14-18(36-25)13-27-23(30)17-10-11-22-20(12-17)29-24(31)19-4-2-3-5-21(19)37(22,33)34;29-22(26-12-17-13-27-24(35-17)14-5-7-15(8-6-14)25(31)32)16-9-10-21-19(11-16)28-23(30)18-3-1-2-4-20(18)36(21,33)34;;;/h2-12,14H,13H2,1H3,(H,27,30)(H,29,31);1-11,13H,12H2,(H,26,29)(H,28,30)(H,31,32);1H4;;1H2/q;;;+1;/p-1. The van der Waals surface area contributed by atoms with Crippen LogP contribution in [0, 0.1) is 0 Å². The first-order valence-electron chi connectivity index (χ1n) is 21.6. The summed E-state index contributed by atoms with van der Waals surface area (Å²) < 4.78 is 57.1. The second-order valence-electron chi connectivity index (χ2n) is 15.9. The Balaban J connectivity index is 0.000000237. The number of aromatic carboxylic acids is 1. The first-order chi connectivity index (χ1) is 35.0. The monoisotopic (exact) mass is 1090 g/mol. The number of thiazole rings is 2. The molecule has 10 rings (SSSR count). The van der Waals surface area contributed by atoms with Crippen LogP contribution in [0.3, 0.4) is 0 Å². The number of aromatic nitrogens is 2. The Morgan fingerprint density at radius 3 is 1.34 bits per heavy atom. The van der Waals surface area contributed by atoms with Gasteiger partial charge in [0, 0.05) is 44.4 Å². The van der Waals surface area contributed by atoms with E-state index in [1.807, 2.05) is 0 Å². The van der Waals surface area contributed by atoms with Crippen molar-refractivity contribution in [1.82, 2.24) is 20.6 Å². The van der Waals surface area contributed by atoms with Crippen molar-refractivity contribution < 1.29 is 79.8 Å². The van der Waals surface area contributed by atoms with Crippen LogP contribution < -0.4 is 40.1 Å². The summed E-state index contributed by atoms with van der Waals surface area (Å²) in [6, 6.07) is 33.2. The van der Waals surface area contributed by atoms with Crippen molar-refractivity contribution in [3.05, 3.63) is 189 Å². The molecule has 6 N–H and O–H groups in total. The molecule has 8 aromatic rings. The summed E-state index contributed by atoms with van der Waals surface area (Å²) in [7, 11) is -6.58.